The van der Waals surface area contributed by atoms with Gasteiger partial charge in [-0.25, -0.2) is 4.98 Å². The predicted octanol–water partition coefficient (Wildman–Crippen LogP) is 3.23. The van der Waals surface area contributed by atoms with Gasteiger partial charge in [0.15, 0.2) is 5.13 Å². The quantitative estimate of drug-likeness (QED) is 0.708. The van der Waals surface area contributed by atoms with Gasteiger partial charge in [-0.2, -0.15) is 0 Å². The molecule has 3 aromatic rings. The van der Waals surface area contributed by atoms with Gasteiger partial charge in [-0.15, -0.1) is 11.3 Å². The molecule has 1 heterocycles. The number of benzene rings is 2. The number of allylic oxidation sites excluding steroid dienone is 2. The van der Waals surface area contributed by atoms with Gasteiger partial charge < -0.3 is 15.2 Å². The molecule has 0 aliphatic heterocycles. The zero-order valence-corrected chi connectivity index (χ0v) is 15.2. The van der Waals surface area contributed by atoms with Crippen LogP contribution in [-0.4, -0.2) is 16.9 Å². The summed E-state index contributed by atoms with van der Waals surface area (Å²) in [6, 6.07) is 14.2. The SMILES string of the molecule is O=C([O-])[C@H]1CC=CC[C@H]1C(=O)Nc1nc(-c2ccc3ccccc3c2)cs1. The third-order valence-electron chi connectivity index (χ3n) is 4.85. The highest BCUT2D eigenvalue weighted by atomic mass is 32.1. The molecule has 2 atom stereocenters. The Morgan fingerprint density at radius 2 is 1.78 bits per heavy atom. The summed E-state index contributed by atoms with van der Waals surface area (Å²) in [6.07, 6.45) is 4.34. The van der Waals surface area contributed by atoms with E-state index in [0.29, 0.717) is 18.0 Å². The number of fused-ring (bicyclic) bond motifs is 1. The van der Waals surface area contributed by atoms with Crippen molar-refractivity contribution in [3.8, 4) is 11.3 Å². The van der Waals surface area contributed by atoms with Crippen LogP contribution >= 0.6 is 11.3 Å². The summed E-state index contributed by atoms with van der Waals surface area (Å²) >= 11 is 1.33. The Balaban J connectivity index is 1.52. The average molecular weight is 377 g/mol. The number of rotatable bonds is 4. The topological polar surface area (TPSA) is 82.1 Å². The Hall–Kier alpha value is -2.99. The fraction of sp³-hybridized carbons (Fsp3) is 0.190. The second-order valence-electron chi connectivity index (χ2n) is 6.56. The van der Waals surface area contributed by atoms with Gasteiger partial charge in [0.05, 0.1) is 11.6 Å². The zero-order valence-electron chi connectivity index (χ0n) is 14.4. The van der Waals surface area contributed by atoms with Crippen LogP contribution in [0.1, 0.15) is 12.8 Å². The maximum atomic E-state index is 12.5. The molecule has 0 saturated heterocycles. The minimum Gasteiger partial charge on any atom is -0.550 e. The predicted molar refractivity (Wildman–Crippen MR) is 104 cm³/mol. The summed E-state index contributed by atoms with van der Waals surface area (Å²) in [5.74, 6) is -2.94. The van der Waals surface area contributed by atoms with E-state index in [4.69, 9.17) is 0 Å². The Morgan fingerprint density at radius 3 is 2.56 bits per heavy atom. The molecule has 1 amide bonds. The summed E-state index contributed by atoms with van der Waals surface area (Å²) in [5, 5.41) is 18.7. The van der Waals surface area contributed by atoms with Crippen LogP contribution in [0.3, 0.4) is 0 Å². The van der Waals surface area contributed by atoms with Gasteiger partial charge in [-0.1, -0.05) is 48.6 Å². The van der Waals surface area contributed by atoms with Crippen LogP contribution in [0.5, 0.6) is 0 Å². The first kappa shape index (κ1) is 17.4. The maximum Gasteiger partial charge on any atom is 0.230 e. The van der Waals surface area contributed by atoms with Crippen molar-refractivity contribution in [3.63, 3.8) is 0 Å². The van der Waals surface area contributed by atoms with Crippen molar-refractivity contribution in [2.45, 2.75) is 12.8 Å². The number of nitrogens with zero attached hydrogens (tertiary/aromatic N) is 1. The number of aromatic nitrogens is 1. The Labute approximate surface area is 160 Å². The standard InChI is InChI=1S/C21H18N2O3S/c24-19(16-7-3-4-8-17(16)20(25)26)23-21-22-18(12-27-21)15-10-9-13-5-1-2-6-14(13)11-15/h1-6,9-12,16-17H,7-8H2,(H,25,26)(H,22,23,24)/p-1/t16-,17+/m1/s1. The monoisotopic (exact) mass is 377 g/mol. The number of hydrogen-bond donors (Lipinski definition) is 1. The molecule has 0 bridgehead atoms. The highest BCUT2D eigenvalue weighted by Crippen LogP contribution is 2.30. The third-order valence-corrected chi connectivity index (χ3v) is 5.61. The third kappa shape index (κ3) is 3.61. The van der Waals surface area contributed by atoms with Gasteiger partial charge >= 0.3 is 0 Å². The van der Waals surface area contributed by atoms with Crippen LogP contribution in [0, 0.1) is 11.8 Å². The number of aliphatic carboxylic acids is 1. The summed E-state index contributed by atoms with van der Waals surface area (Å²) in [6.45, 7) is 0. The molecule has 1 aliphatic carbocycles. The Bertz CT molecular complexity index is 1040. The van der Waals surface area contributed by atoms with Crippen LogP contribution in [0.4, 0.5) is 5.13 Å². The summed E-state index contributed by atoms with van der Waals surface area (Å²) in [5.41, 5.74) is 1.75. The number of carbonyl (C=O) groups is 2. The number of hydrogen-bond acceptors (Lipinski definition) is 5. The van der Waals surface area contributed by atoms with Gasteiger partial charge in [0.1, 0.15) is 0 Å². The van der Waals surface area contributed by atoms with Crippen molar-refractivity contribution in [3.05, 3.63) is 60.0 Å². The number of anilines is 1. The highest BCUT2D eigenvalue weighted by Gasteiger charge is 2.30. The first-order valence-electron chi connectivity index (χ1n) is 8.73. The lowest BCUT2D eigenvalue weighted by molar-refractivity contribution is -0.313. The first-order valence-corrected chi connectivity index (χ1v) is 9.61. The Kier molecular flexibility index (Phi) is 4.73. The van der Waals surface area contributed by atoms with Crippen molar-refractivity contribution in [2.75, 3.05) is 5.32 Å². The van der Waals surface area contributed by atoms with E-state index in [1.165, 1.54) is 11.3 Å². The molecule has 1 N–H and O–H groups in total. The van der Waals surface area contributed by atoms with Crippen LogP contribution < -0.4 is 10.4 Å². The zero-order chi connectivity index (χ0) is 18.8. The van der Waals surface area contributed by atoms with Gasteiger partial charge in [-0.05, 0) is 29.7 Å². The molecule has 0 saturated carbocycles. The molecule has 6 heteroatoms. The summed E-state index contributed by atoms with van der Waals surface area (Å²) in [4.78, 5) is 28.3. The van der Waals surface area contributed by atoms with E-state index < -0.39 is 17.8 Å². The normalized spacial score (nSPS) is 19.1. The van der Waals surface area contributed by atoms with Crippen molar-refractivity contribution in [1.29, 1.82) is 0 Å². The van der Waals surface area contributed by atoms with Crippen molar-refractivity contribution in [2.24, 2.45) is 11.8 Å². The second-order valence-corrected chi connectivity index (χ2v) is 7.42. The van der Waals surface area contributed by atoms with Crippen LogP contribution in [0.15, 0.2) is 60.0 Å². The van der Waals surface area contributed by atoms with Gasteiger partial charge in [0, 0.05) is 22.8 Å². The fourth-order valence-electron chi connectivity index (χ4n) is 3.37. The molecule has 0 spiro atoms. The van der Waals surface area contributed by atoms with Crippen molar-refractivity contribution >= 4 is 39.1 Å². The van der Waals surface area contributed by atoms with Gasteiger partial charge in [0.25, 0.3) is 0 Å². The molecular weight excluding hydrogens is 360 g/mol. The molecule has 2 aromatic carbocycles. The van der Waals surface area contributed by atoms with E-state index in [0.717, 1.165) is 22.0 Å². The molecule has 0 radical (unpaired) electrons. The van der Waals surface area contributed by atoms with E-state index in [2.05, 4.69) is 22.4 Å². The average Bonchev–Trinajstić information content (AvgIpc) is 3.16. The number of thiazole rings is 1. The van der Waals surface area contributed by atoms with Crippen molar-refractivity contribution in [1.82, 2.24) is 4.98 Å². The summed E-state index contributed by atoms with van der Waals surface area (Å²) in [7, 11) is 0. The lowest BCUT2D eigenvalue weighted by Crippen LogP contribution is -2.41. The minimum absolute atomic E-state index is 0.320. The van der Waals surface area contributed by atoms with E-state index in [1.54, 1.807) is 6.08 Å². The molecular formula is C21H17N2O3S-. The highest BCUT2D eigenvalue weighted by molar-refractivity contribution is 7.14. The lowest BCUT2D eigenvalue weighted by atomic mass is 9.82. The van der Waals surface area contributed by atoms with E-state index >= 15 is 0 Å². The number of carboxylic acids is 1. The smallest absolute Gasteiger partial charge is 0.230 e. The maximum absolute atomic E-state index is 12.5. The Morgan fingerprint density at radius 1 is 1.04 bits per heavy atom. The molecule has 0 unspecified atom stereocenters. The molecule has 5 nitrogen and oxygen atoms in total. The van der Waals surface area contributed by atoms with Crippen LogP contribution in [0.2, 0.25) is 0 Å². The summed E-state index contributed by atoms with van der Waals surface area (Å²) < 4.78 is 0. The molecule has 1 aliphatic rings. The fourth-order valence-corrected chi connectivity index (χ4v) is 4.10. The molecule has 27 heavy (non-hydrogen) atoms. The van der Waals surface area contributed by atoms with E-state index in [1.807, 2.05) is 41.8 Å². The molecule has 0 fully saturated rings. The minimum atomic E-state index is -1.18. The number of carboxylic acid groups (broad SMARTS) is 1. The van der Waals surface area contributed by atoms with E-state index in [-0.39, 0.29) is 5.91 Å². The molecule has 136 valence electrons. The van der Waals surface area contributed by atoms with Crippen LogP contribution in [0.25, 0.3) is 22.0 Å². The largest absolute Gasteiger partial charge is 0.550 e. The van der Waals surface area contributed by atoms with Gasteiger partial charge in [0.2, 0.25) is 5.91 Å². The van der Waals surface area contributed by atoms with Crippen LogP contribution in [-0.2, 0) is 9.59 Å². The lowest BCUT2D eigenvalue weighted by Gasteiger charge is -2.27. The first-order chi connectivity index (χ1) is 13.1. The number of amides is 1. The molecule has 1 aromatic heterocycles. The van der Waals surface area contributed by atoms with E-state index in [9.17, 15) is 14.7 Å². The van der Waals surface area contributed by atoms with Gasteiger partial charge in [-0.3, -0.25) is 4.79 Å². The number of carbonyl (C=O) groups excluding carboxylic acids is 2. The second kappa shape index (κ2) is 7.32. The molecule has 4 rings (SSSR count). The van der Waals surface area contributed by atoms with Crippen molar-refractivity contribution < 1.29 is 14.7 Å². The number of nitrogens with one attached hydrogen (secondary N) is 1.